The van der Waals surface area contributed by atoms with Crippen LogP contribution in [0.1, 0.15) is 0 Å². The van der Waals surface area contributed by atoms with Crippen molar-refractivity contribution in [3.63, 3.8) is 0 Å². The van der Waals surface area contributed by atoms with Gasteiger partial charge in [0.1, 0.15) is 4.90 Å². The first kappa shape index (κ1) is 13.8. The monoisotopic (exact) mass is 296 g/mol. The molecule has 0 radical (unpaired) electrons. The largest absolute Gasteiger partial charge is 0.368 e. The average molecular weight is 296 g/mol. The number of benzene rings is 1. The Kier molecular flexibility index (Phi) is 3.68. The molecule has 2 fully saturated rings. The number of nitrogens with zero attached hydrogens (tertiary/aromatic N) is 2. The van der Waals surface area contributed by atoms with Gasteiger partial charge in [-0.2, -0.15) is 0 Å². The lowest BCUT2D eigenvalue weighted by Crippen LogP contribution is -2.61. The maximum atomic E-state index is 11.7. The van der Waals surface area contributed by atoms with E-state index in [2.05, 4.69) is 15.1 Å². The van der Waals surface area contributed by atoms with Crippen LogP contribution in [-0.2, 0) is 10.0 Å². The van der Waals surface area contributed by atoms with Gasteiger partial charge in [0.15, 0.2) is 0 Å². The summed E-state index contributed by atoms with van der Waals surface area (Å²) in [6.45, 7) is 5.73. The van der Waals surface area contributed by atoms with Crippen molar-refractivity contribution >= 4 is 15.7 Å². The lowest BCUT2D eigenvalue weighted by molar-refractivity contribution is 0.138. The van der Waals surface area contributed by atoms with E-state index in [0.717, 1.165) is 45.0 Å². The molecule has 3 rings (SSSR count). The molecule has 0 atom stereocenters. The minimum atomic E-state index is -3.67. The molecule has 0 aromatic heterocycles. The second-order valence-corrected chi connectivity index (χ2v) is 6.88. The number of anilines is 1. The normalized spacial score (nSPS) is 21.8. The van der Waals surface area contributed by atoms with Crippen LogP contribution >= 0.6 is 0 Å². The van der Waals surface area contributed by atoms with Crippen LogP contribution in [0, 0.1) is 0 Å². The van der Waals surface area contributed by atoms with E-state index in [9.17, 15) is 8.42 Å². The highest BCUT2D eigenvalue weighted by atomic mass is 32.2. The SMILES string of the molecule is NS(=O)(=O)c1ccccc1N1CCN(C2CNC2)CC1. The zero-order valence-electron chi connectivity index (χ0n) is 11.3. The van der Waals surface area contributed by atoms with Gasteiger partial charge in [-0.05, 0) is 12.1 Å². The second kappa shape index (κ2) is 5.33. The molecule has 0 aliphatic carbocycles. The molecule has 20 heavy (non-hydrogen) atoms. The van der Waals surface area contributed by atoms with Crippen LogP contribution in [0.2, 0.25) is 0 Å². The molecule has 1 aromatic rings. The number of sulfonamides is 1. The molecule has 7 heteroatoms. The van der Waals surface area contributed by atoms with Crippen LogP contribution < -0.4 is 15.4 Å². The summed E-state index contributed by atoms with van der Waals surface area (Å²) in [6, 6.07) is 7.62. The molecule has 3 N–H and O–H groups in total. The lowest BCUT2D eigenvalue weighted by atomic mass is 10.1. The van der Waals surface area contributed by atoms with Gasteiger partial charge in [-0.1, -0.05) is 12.1 Å². The number of nitrogens with two attached hydrogens (primary N) is 1. The first-order valence-corrected chi connectivity index (χ1v) is 8.42. The summed E-state index contributed by atoms with van der Waals surface area (Å²) < 4.78 is 23.3. The van der Waals surface area contributed by atoms with Crippen molar-refractivity contribution in [2.45, 2.75) is 10.9 Å². The fourth-order valence-corrected chi connectivity index (χ4v) is 3.58. The fraction of sp³-hybridized carbons (Fsp3) is 0.538. The first-order valence-electron chi connectivity index (χ1n) is 6.87. The van der Waals surface area contributed by atoms with E-state index in [-0.39, 0.29) is 4.90 Å². The summed E-state index contributed by atoms with van der Waals surface area (Å²) in [5.41, 5.74) is 0.724. The Hall–Kier alpha value is -1.15. The van der Waals surface area contributed by atoms with E-state index in [1.165, 1.54) is 0 Å². The predicted octanol–water partition coefficient (Wildman–Crippen LogP) is -0.572. The van der Waals surface area contributed by atoms with Gasteiger partial charge < -0.3 is 10.2 Å². The molecule has 2 heterocycles. The van der Waals surface area contributed by atoms with Gasteiger partial charge in [0.2, 0.25) is 10.0 Å². The summed E-state index contributed by atoms with van der Waals surface area (Å²) in [4.78, 5) is 4.80. The number of nitrogens with one attached hydrogen (secondary N) is 1. The molecule has 0 spiro atoms. The zero-order valence-corrected chi connectivity index (χ0v) is 12.1. The minimum Gasteiger partial charge on any atom is -0.368 e. The van der Waals surface area contributed by atoms with Crippen molar-refractivity contribution < 1.29 is 8.42 Å². The van der Waals surface area contributed by atoms with Gasteiger partial charge in [-0.15, -0.1) is 0 Å². The summed E-state index contributed by atoms with van der Waals surface area (Å²) in [7, 11) is -3.67. The Bertz CT molecular complexity index is 578. The Morgan fingerprint density at radius 3 is 2.30 bits per heavy atom. The van der Waals surface area contributed by atoms with Crippen molar-refractivity contribution in [2.75, 3.05) is 44.2 Å². The van der Waals surface area contributed by atoms with Crippen LogP contribution in [-0.4, -0.2) is 58.6 Å². The number of hydrogen-bond donors (Lipinski definition) is 2. The van der Waals surface area contributed by atoms with Crippen LogP contribution in [0.5, 0.6) is 0 Å². The standard InChI is InChI=1S/C13H20N4O2S/c14-20(18,19)13-4-2-1-3-12(13)17-7-5-16(6-8-17)11-9-15-10-11/h1-4,11,15H,5-10H2,(H2,14,18,19). The van der Waals surface area contributed by atoms with Crippen molar-refractivity contribution in [1.82, 2.24) is 10.2 Å². The summed E-state index contributed by atoms with van der Waals surface area (Å²) in [5.74, 6) is 0. The van der Waals surface area contributed by atoms with Gasteiger partial charge in [-0.3, -0.25) is 4.90 Å². The number of hydrogen-bond acceptors (Lipinski definition) is 5. The topological polar surface area (TPSA) is 78.7 Å². The van der Waals surface area contributed by atoms with E-state index in [1.54, 1.807) is 12.1 Å². The molecule has 0 unspecified atom stereocenters. The second-order valence-electron chi connectivity index (χ2n) is 5.35. The Morgan fingerprint density at radius 1 is 1.10 bits per heavy atom. The van der Waals surface area contributed by atoms with E-state index in [1.807, 2.05) is 12.1 Å². The molecule has 2 aliphatic heterocycles. The summed E-state index contributed by atoms with van der Waals surface area (Å²) >= 11 is 0. The van der Waals surface area contributed by atoms with Crippen molar-refractivity contribution in [2.24, 2.45) is 5.14 Å². The third-order valence-corrected chi connectivity index (χ3v) is 5.06. The number of para-hydroxylation sites is 1. The third kappa shape index (κ3) is 2.67. The number of primary sulfonamides is 1. The maximum Gasteiger partial charge on any atom is 0.240 e. The third-order valence-electron chi connectivity index (χ3n) is 4.10. The molecule has 0 saturated carbocycles. The van der Waals surface area contributed by atoms with Crippen LogP contribution in [0.25, 0.3) is 0 Å². The van der Waals surface area contributed by atoms with Crippen LogP contribution in [0.4, 0.5) is 5.69 Å². The quantitative estimate of drug-likeness (QED) is 0.781. The van der Waals surface area contributed by atoms with Crippen LogP contribution in [0.3, 0.4) is 0 Å². The Balaban J connectivity index is 1.75. The highest BCUT2D eigenvalue weighted by Crippen LogP contribution is 2.25. The molecule has 2 aliphatic rings. The van der Waals surface area contributed by atoms with Crippen molar-refractivity contribution in [1.29, 1.82) is 0 Å². The van der Waals surface area contributed by atoms with E-state index < -0.39 is 10.0 Å². The smallest absolute Gasteiger partial charge is 0.240 e. The lowest BCUT2D eigenvalue weighted by Gasteiger charge is -2.44. The maximum absolute atomic E-state index is 11.7. The van der Waals surface area contributed by atoms with Gasteiger partial charge >= 0.3 is 0 Å². The molecule has 1 aromatic carbocycles. The van der Waals surface area contributed by atoms with Crippen LogP contribution in [0.15, 0.2) is 29.2 Å². The predicted molar refractivity (Wildman–Crippen MR) is 78.3 cm³/mol. The highest BCUT2D eigenvalue weighted by molar-refractivity contribution is 7.89. The van der Waals surface area contributed by atoms with E-state index >= 15 is 0 Å². The van der Waals surface area contributed by atoms with Gasteiger partial charge in [0.05, 0.1) is 5.69 Å². The molecular weight excluding hydrogens is 276 g/mol. The molecule has 0 amide bonds. The molecule has 0 bridgehead atoms. The first-order chi connectivity index (χ1) is 9.55. The van der Waals surface area contributed by atoms with Crippen molar-refractivity contribution in [3.05, 3.63) is 24.3 Å². The van der Waals surface area contributed by atoms with Crippen molar-refractivity contribution in [3.8, 4) is 0 Å². The molecule has 6 nitrogen and oxygen atoms in total. The van der Waals surface area contributed by atoms with E-state index in [0.29, 0.717) is 6.04 Å². The van der Waals surface area contributed by atoms with E-state index in [4.69, 9.17) is 5.14 Å². The molecule has 2 saturated heterocycles. The Morgan fingerprint density at radius 2 is 1.75 bits per heavy atom. The molecular formula is C13H20N4O2S. The minimum absolute atomic E-state index is 0.221. The molecule has 110 valence electrons. The summed E-state index contributed by atoms with van der Waals surface area (Å²) in [6.07, 6.45) is 0. The highest BCUT2D eigenvalue weighted by Gasteiger charge is 2.29. The summed E-state index contributed by atoms with van der Waals surface area (Å²) in [5, 5.41) is 8.58. The van der Waals surface area contributed by atoms with Gasteiger partial charge in [-0.25, -0.2) is 13.6 Å². The fourth-order valence-electron chi connectivity index (χ4n) is 2.82. The van der Waals surface area contributed by atoms with Gasteiger partial charge in [0, 0.05) is 45.3 Å². The number of piperazine rings is 1. The van der Waals surface area contributed by atoms with Gasteiger partial charge in [0.25, 0.3) is 0 Å². The average Bonchev–Trinajstić information content (AvgIpc) is 2.37. The zero-order chi connectivity index (χ0) is 14.2. The Labute approximate surface area is 119 Å². The number of rotatable bonds is 3.